The average Bonchev–Trinajstić information content (AvgIpc) is 3.05. The maximum atomic E-state index is 11.4. The molecule has 1 heterocycles. The van der Waals surface area contributed by atoms with Crippen molar-refractivity contribution < 1.29 is 13.9 Å². The highest BCUT2D eigenvalue weighted by Crippen LogP contribution is 2.24. The fourth-order valence-electron chi connectivity index (χ4n) is 2.01. The lowest BCUT2D eigenvalue weighted by Crippen LogP contribution is -2.00. The van der Waals surface area contributed by atoms with Crippen molar-refractivity contribution in [3.8, 4) is 22.7 Å². The molecule has 0 bridgehead atoms. The Labute approximate surface area is 122 Å². The van der Waals surface area contributed by atoms with Crippen molar-refractivity contribution in [1.29, 1.82) is 0 Å². The van der Waals surface area contributed by atoms with Gasteiger partial charge in [-0.2, -0.15) is 0 Å². The molecule has 0 aliphatic carbocycles. The highest BCUT2D eigenvalue weighted by Gasteiger charge is 2.10. The van der Waals surface area contributed by atoms with Gasteiger partial charge in [0, 0.05) is 11.1 Å². The number of aromatic nitrogens is 1. The Morgan fingerprint density at radius 2 is 1.71 bits per heavy atom. The van der Waals surface area contributed by atoms with E-state index >= 15 is 0 Å². The lowest BCUT2D eigenvalue weighted by molar-refractivity contribution is 0.0601. The molecular weight excluding hydrogens is 266 g/mol. The Morgan fingerprint density at radius 3 is 2.38 bits per heavy atom. The number of ether oxygens (including phenoxy) is 1. The van der Waals surface area contributed by atoms with E-state index in [9.17, 15) is 4.79 Å². The summed E-state index contributed by atoms with van der Waals surface area (Å²) in [6, 6.07) is 16.8. The van der Waals surface area contributed by atoms with Gasteiger partial charge in [0.05, 0.1) is 12.7 Å². The number of esters is 1. The van der Waals surface area contributed by atoms with Gasteiger partial charge in [0.15, 0.2) is 0 Å². The molecule has 4 heteroatoms. The zero-order chi connectivity index (χ0) is 14.7. The van der Waals surface area contributed by atoms with Crippen LogP contribution in [0.3, 0.4) is 0 Å². The maximum Gasteiger partial charge on any atom is 0.337 e. The van der Waals surface area contributed by atoms with Crippen molar-refractivity contribution >= 4 is 5.97 Å². The van der Waals surface area contributed by atoms with Crippen molar-refractivity contribution in [1.82, 2.24) is 4.98 Å². The minimum Gasteiger partial charge on any atom is -0.465 e. The molecule has 0 radical (unpaired) electrons. The third-order valence-corrected chi connectivity index (χ3v) is 3.13. The molecule has 0 spiro atoms. The molecule has 4 nitrogen and oxygen atoms in total. The van der Waals surface area contributed by atoms with Crippen molar-refractivity contribution in [3.05, 3.63) is 66.4 Å². The van der Waals surface area contributed by atoms with E-state index in [0.29, 0.717) is 11.5 Å². The summed E-state index contributed by atoms with van der Waals surface area (Å²) in [5.74, 6) is 0.157. The van der Waals surface area contributed by atoms with Gasteiger partial charge in [-0.3, -0.25) is 0 Å². The van der Waals surface area contributed by atoms with Gasteiger partial charge in [-0.15, -0.1) is 0 Å². The summed E-state index contributed by atoms with van der Waals surface area (Å²) >= 11 is 0. The first-order valence-corrected chi connectivity index (χ1v) is 6.47. The summed E-state index contributed by atoms with van der Waals surface area (Å²) in [7, 11) is 1.36. The van der Waals surface area contributed by atoms with E-state index in [1.807, 2.05) is 30.3 Å². The molecule has 0 N–H and O–H groups in total. The summed E-state index contributed by atoms with van der Waals surface area (Å²) in [6.07, 6.45) is 1.62. The second-order valence-electron chi connectivity index (χ2n) is 4.47. The fraction of sp³-hybridized carbons (Fsp3) is 0.0588. The Kier molecular flexibility index (Phi) is 3.51. The first-order chi connectivity index (χ1) is 10.3. The van der Waals surface area contributed by atoms with Crippen molar-refractivity contribution in [3.63, 3.8) is 0 Å². The minimum atomic E-state index is -0.362. The van der Waals surface area contributed by atoms with Crippen LogP contribution in [0.4, 0.5) is 0 Å². The van der Waals surface area contributed by atoms with Crippen LogP contribution in [0.15, 0.2) is 65.3 Å². The van der Waals surface area contributed by atoms with Crippen LogP contribution in [0.25, 0.3) is 22.7 Å². The van der Waals surface area contributed by atoms with Crippen LogP contribution in [-0.4, -0.2) is 18.1 Å². The van der Waals surface area contributed by atoms with Crippen LogP contribution in [0.1, 0.15) is 10.4 Å². The molecule has 21 heavy (non-hydrogen) atoms. The number of benzene rings is 2. The Bertz CT molecular complexity index is 745. The molecule has 0 aliphatic heterocycles. The number of hydrogen-bond acceptors (Lipinski definition) is 4. The molecule has 0 saturated heterocycles. The van der Waals surface area contributed by atoms with Crippen LogP contribution in [0.5, 0.6) is 0 Å². The molecule has 0 amide bonds. The predicted molar refractivity (Wildman–Crippen MR) is 78.7 cm³/mol. The number of hydrogen-bond donors (Lipinski definition) is 0. The van der Waals surface area contributed by atoms with Crippen molar-refractivity contribution in [2.24, 2.45) is 0 Å². The van der Waals surface area contributed by atoms with Crippen LogP contribution in [-0.2, 0) is 4.74 Å². The van der Waals surface area contributed by atoms with Crippen LogP contribution < -0.4 is 0 Å². The number of methoxy groups -OCH3 is 1. The maximum absolute atomic E-state index is 11.4. The van der Waals surface area contributed by atoms with Gasteiger partial charge < -0.3 is 9.15 Å². The van der Waals surface area contributed by atoms with E-state index in [1.165, 1.54) is 7.11 Å². The average molecular weight is 279 g/mol. The largest absolute Gasteiger partial charge is 0.465 e. The second kappa shape index (κ2) is 5.63. The van der Waals surface area contributed by atoms with Gasteiger partial charge >= 0.3 is 5.97 Å². The fourth-order valence-corrected chi connectivity index (χ4v) is 2.01. The Hall–Kier alpha value is -2.88. The van der Waals surface area contributed by atoms with E-state index in [-0.39, 0.29) is 5.97 Å². The number of rotatable bonds is 3. The molecular formula is C17H13NO3. The number of carbonyl (C=O) groups is 1. The van der Waals surface area contributed by atoms with Crippen LogP contribution in [0.2, 0.25) is 0 Å². The molecule has 0 atom stereocenters. The molecule has 3 rings (SSSR count). The van der Waals surface area contributed by atoms with E-state index in [2.05, 4.69) is 9.72 Å². The summed E-state index contributed by atoms with van der Waals surface area (Å²) in [6.45, 7) is 0. The number of carbonyl (C=O) groups excluding carboxylic acids is 1. The predicted octanol–water partition coefficient (Wildman–Crippen LogP) is 3.80. The molecule has 104 valence electrons. The molecule has 0 saturated carbocycles. The van der Waals surface area contributed by atoms with Gasteiger partial charge in [-0.25, -0.2) is 9.78 Å². The summed E-state index contributed by atoms with van der Waals surface area (Å²) in [4.78, 5) is 15.9. The topological polar surface area (TPSA) is 52.3 Å². The number of nitrogens with zero attached hydrogens (tertiary/aromatic N) is 1. The van der Waals surface area contributed by atoms with Crippen LogP contribution >= 0.6 is 0 Å². The van der Waals surface area contributed by atoms with Gasteiger partial charge in [0.2, 0.25) is 5.89 Å². The van der Waals surface area contributed by atoms with Crippen LogP contribution in [0, 0.1) is 0 Å². The second-order valence-corrected chi connectivity index (χ2v) is 4.47. The zero-order valence-corrected chi connectivity index (χ0v) is 11.4. The molecule has 2 aromatic carbocycles. The smallest absolute Gasteiger partial charge is 0.337 e. The lowest BCUT2D eigenvalue weighted by atomic mass is 10.1. The number of oxazole rings is 1. The third kappa shape index (κ3) is 2.69. The van der Waals surface area contributed by atoms with E-state index in [1.54, 1.807) is 30.5 Å². The molecule has 3 aromatic rings. The molecule has 0 unspecified atom stereocenters. The highest BCUT2D eigenvalue weighted by atomic mass is 16.5. The van der Waals surface area contributed by atoms with Crippen molar-refractivity contribution in [2.45, 2.75) is 0 Å². The van der Waals surface area contributed by atoms with E-state index in [4.69, 9.17) is 4.42 Å². The summed E-state index contributed by atoms with van der Waals surface area (Å²) < 4.78 is 10.2. The third-order valence-electron chi connectivity index (χ3n) is 3.13. The van der Waals surface area contributed by atoms with Gasteiger partial charge in [0.25, 0.3) is 0 Å². The highest BCUT2D eigenvalue weighted by molar-refractivity contribution is 5.89. The van der Waals surface area contributed by atoms with E-state index in [0.717, 1.165) is 16.8 Å². The Balaban J connectivity index is 1.88. The minimum absolute atomic E-state index is 0.362. The summed E-state index contributed by atoms with van der Waals surface area (Å²) in [5, 5.41) is 0. The molecule has 0 aliphatic rings. The van der Waals surface area contributed by atoms with Gasteiger partial charge in [-0.05, 0) is 24.3 Å². The molecule has 1 aromatic heterocycles. The SMILES string of the molecule is COC(=O)c1ccc(-c2nc(-c3ccccc3)co2)cc1. The van der Waals surface area contributed by atoms with Crippen molar-refractivity contribution in [2.75, 3.05) is 7.11 Å². The van der Waals surface area contributed by atoms with E-state index < -0.39 is 0 Å². The summed E-state index contributed by atoms with van der Waals surface area (Å²) in [5.41, 5.74) is 3.09. The Morgan fingerprint density at radius 1 is 1.00 bits per heavy atom. The normalized spacial score (nSPS) is 10.3. The monoisotopic (exact) mass is 279 g/mol. The van der Waals surface area contributed by atoms with Gasteiger partial charge in [-0.1, -0.05) is 30.3 Å². The first kappa shape index (κ1) is 13.1. The first-order valence-electron chi connectivity index (χ1n) is 6.47. The zero-order valence-electron chi connectivity index (χ0n) is 11.4. The standard InChI is InChI=1S/C17H13NO3/c1-20-17(19)14-9-7-13(8-10-14)16-18-15(11-21-16)12-5-3-2-4-6-12/h2-11H,1H3. The lowest BCUT2D eigenvalue weighted by Gasteiger charge is -1.99. The van der Waals surface area contributed by atoms with Gasteiger partial charge in [0.1, 0.15) is 12.0 Å². The quantitative estimate of drug-likeness (QED) is 0.684. The molecule has 0 fully saturated rings.